The van der Waals surface area contributed by atoms with Crippen molar-refractivity contribution < 1.29 is 19.3 Å². The maximum atomic E-state index is 11.1. The topological polar surface area (TPSA) is 47.9 Å². The van der Waals surface area contributed by atoms with E-state index in [1.165, 1.54) is 0 Å². The van der Waals surface area contributed by atoms with Gasteiger partial charge in [-0.05, 0) is 34.5 Å². The van der Waals surface area contributed by atoms with Crippen molar-refractivity contribution in [3.8, 4) is 11.5 Å². The van der Waals surface area contributed by atoms with Gasteiger partial charge in [-0.15, -0.1) is 0 Å². The van der Waals surface area contributed by atoms with E-state index in [4.69, 9.17) is 14.2 Å². The lowest BCUT2D eigenvalue weighted by Crippen LogP contribution is -2.38. The first kappa shape index (κ1) is 16.6. The van der Waals surface area contributed by atoms with Crippen LogP contribution in [0.2, 0.25) is 0 Å². The Morgan fingerprint density at radius 3 is 2.76 bits per heavy atom. The Morgan fingerprint density at radius 1 is 1.38 bits per heavy atom. The van der Waals surface area contributed by atoms with Crippen LogP contribution in [0.5, 0.6) is 11.5 Å². The van der Waals surface area contributed by atoms with Gasteiger partial charge in [0, 0.05) is 18.4 Å². The molecule has 5 heteroatoms. The lowest BCUT2D eigenvalue weighted by molar-refractivity contribution is -0.110. The highest BCUT2D eigenvalue weighted by Gasteiger charge is 2.39. The normalized spacial score (nSPS) is 25.7. The molecule has 0 radical (unpaired) electrons. The van der Waals surface area contributed by atoms with Crippen LogP contribution in [0.1, 0.15) is 38.2 Å². The molecule has 2 unspecified atom stereocenters. The molecule has 1 aliphatic heterocycles. The third-order valence-electron chi connectivity index (χ3n) is 4.03. The summed E-state index contributed by atoms with van der Waals surface area (Å²) in [6.07, 6.45) is 3.27. The third kappa shape index (κ3) is 3.35. The summed E-state index contributed by atoms with van der Waals surface area (Å²) in [6, 6.07) is 3.74. The van der Waals surface area contributed by atoms with Gasteiger partial charge in [-0.2, -0.15) is 0 Å². The minimum atomic E-state index is -0.918. The van der Waals surface area contributed by atoms with Crippen molar-refractivity contribution in [3.63, 3.8) is 0 Å². The zero-order chi connectivity index (χ0) is 15.5. The molecule has 0 amide bonds. The largest absolute Gasteiger partial charge is 0.495 e. The first-order valence-electron chi connectivity index (χ1n) is 7.30. The van der Waals surface area contributed by atoms with Crippen LogP contribution in [0.25, 0.3) is 0 Å². The van der Waals surface area contributed by atoms with E-state index >= 15 is 0 Å². The van der Waals surface area contributed by atoms with E-state index < -0.39 is 5.60 Å². The Bertz CT molecular complexity index is 489. The molecule has 1 aromatic carbocycles. The van der Waals surface area contributed by atoms with Gasteiger partial charge in [0.25, 0.3) is 0 Å². The number of halogens is 1. The first-order chi connectivity index (χ1) is 10.1. The van der Waals surface area contributed by atoms with Crippen molar-refractivity contribution in [1.82, 2.24) is 0 Å². The Labute approximate surface area is 134 Å². The Morgan fingerprint density at radius 2 is 2.14 bits per heavy atom. The molecule has 0 aliphatic carbocycles. The van der Waals surface area contributed by atoms with E-state index in [9.17, 15) is 5.11 Å². The van der Waals surface area contributed by atoms with Crippen molar-refractivity contribution in [3.05, 3.63) is 22.2 Å². The van der Waals surface area contributed by atoms with Crippen molar-refractivity contribution in [2.45, 2.75) is 44.3 Å². The number of hydrogen-bond acceptors (Lipinski definition) is 4. The predicted octanol–water partition coefficient (Wildman–Crippen LogP) is 3.63. The fourth-order valence-corrected chi connectivity index (χ4v) is 3.62. The maximum absolute atomic E-state index is 11.1. The molecular weight excluding hydrogens is 336 g/mol. The van der Waals surface area contributed by atoms with E-state index in [1.54, 1.807) is 14.2 Å². The lowest BCUT2D eigenvalue weighted by atomic mass is 9.82. The third-order valence-corrected chi connectivity index (χ3v) is 4.78. The van der Waals surface area contributed by atoms with Gasteiger partial charge < -0.3 is 19.3 Å². The molecule has 0 saturated carbocycles. The molecule has 1 N–H and O–H groups in total. The molecule has 2 rings (SSSR count). The molecule has 1 aromatic rings. The first-order valence-corrected chi connectivity index (χ1v) is 8.10. The number of benzene rings is 1. The molecule has 0 spiro atoms. The van der Waals surface area contributed by atoms with Gasteiger partial charge in [-0.1, -0.05) is 13.3 Å². The quantitative estimate of drug-likeness (QED) is 0.872. The average molecular weight is 359 g/mol. The molecule has 1 aliphatic rings. The minimum Gasteiger partial charge on any atom is -0.495 e. The molecule has 2 atom stereocenters. The van der Waals surface area contributed by atoms with E-state index in [-0.39, 0.29) is 6.10 Å². The van der Waals surface area contributed by atoms with Crippen molar-refractivity contribution >= 4 is 15.9 Å². The second kappa shape index (κ2) is 6.99. The summed E-state index contributed by atoms with van der Waals surface area (Å²) in [4.78, 5) is 0. The number of hydrogen-bond donors (Lipinski definition) is 1. The maximum Gasteiger partial charge on any atom is 0.142 e. The Kier molecular flexibility index (Phi) is 5.52. The highest BCUT2D eigenvalue weighted by Crippen LogP contribution is 2.45. The van der Waals surface area contributed by atoms with Gasteiger partial charge in [0.15, 0.2) is 0 Å². The Hall–Kier alpha value is -0.780. The van der Waals surface area contributed by atoms with E-state index in [0.29, 0.717) is 30.9 Å². The van der Waals surface area contributed by atoms with Crippen molar-refractivity contribution in [2.24, 2.45) is 0 Å². The van der Waals surface area contributed by atoms with Crippen LogP contribution >= 0.6 is 15.9 Å². The molecule has 0 aromatic heterocycles. The van der Waals surface area contributed by atoms with Crippen LogP contribution in [-0.2, 0) is 10.3 Å². The standard InChI is InChI=1S/C16H23BrO4/c1-4-5-11-10-16(18,8-9-21-11)12-6-7-13(19-2)14(17)15(12)20-3/h6-7,11,18H,4-5,8-10H2,1-3H3. The number of ether oxygens (including phenoxy) is 3. The van der Waals surface area contributed by atoms with Gasteiger partial charge in [-0.3, -0.25) is 0 Å². The summed E-state index contributed by atoms with van der Waals surface area (Å²) in [7, 11) is 3.22. The fraction of sp³-hybridized carbons (Fsp3) is 0.625. The van der Waals surface area contributed by atoms with E-state index in [2.05, 4.69) is 22.9 Å². The minimum absolute atomic E-state index is 0.0966. The van der Waals surface area contributed by atoms with Crippen LogP contribution < -0.4 is 9.47 Å². The van der Waals surface area contributed by atoms with Crippen LogP contribution in [0.15, 0.2) is 16.6 Å². The molecule has 118 valence electrons. The second-order valence-electron chi connectivity index (χ2n) is 5.43. The van der Waals surface area contributed by atoms with Crippen molar-refractivity contribution in [2.75, 3.05) is 20.8 Å². The summed E-state index contributed by atoms with van der Waals surface area (Å²) in [5, 5.41) is 11.1. The highest BCUT2D eigenvalue weighted by molar-refractivity contribution is 9.10. The monoisotopic (exact) mass is 358 g/mol. The molecule has 0 bridgehead atoms. The molecule has 1 saturated heterocycles. The highest BCUT2D eigenvalue weighted by atomic mass is 79.9. The molecule has 21 heavy (non-hydrogen) atoms. The Balaban J connectivity index is 2.37. The number of methoxy groups -OCH3 is 2. The molecular formula is C16H23BrO4. The van der Waals surface area contributed by atoms with Crippen LogP contribution in [0.4, 0.5) is 0 Å². The van der Waals surface area contributed by atoms with Gasteiger partial charge in [-0.25, -0.2) is 0 Å². The SMILES string of the molecule is CCCC1CC(O)(c2ccc(OC)c(Br)c2OC)CCO1. The summed E-state index contributed by atoms with van der Waals surface area (Å²) < 4.78 is 17.3. The molecule has 1 heterocycles. The van der Waals surface area contributed by atoms with Crippen LogP contribution in [0.3, 0.4) is 0 Å². The van der Waals surface area contributed by atoms with Gasteiger partial charge in [0.1, 0.15) is 16.0 Å². The summed E-state index contributed by atoms with van der Waals surface area (Å²) in [5.41, 5.74) is -0.125. The van der Waals surface area contributed by atoms with E-state index in [1.807, 2.05) is 12.1 Å². The fourth-order valence-electron chi connectivity index (χ4n) is 2.95. The van der Waals surface area contributed by atoms with Crippen molar-refractivity contribution in [1.29, 1.82) is 0 Å². The average Bonchev–Trinajstić information content (AvgIpc) is 2.47. The van der Waals surface area contributed by atoms with E-state index in [0.717, 1.165) is 22.9 Å². The smallest absolute Gasteiger partial charge is 0.142 e. The molecule has 4 nitrogen and oxygen atoms in total. The molecule has 1 fully saturated rings. The number of aliphatic hydroxyl groups is 1. The summed E-state index contributed by atoms with van der Waals surface area (Å²) >= 11 is 3.50. The summed E-state index contributed by atoms with van der Waals surface area (Å²) in [6.45, 7) is 2.69. The zero-order valence-corrected chi connectivity index (χ0v) is 14.4. The van der Waals surface area contributed by atoms with Crippen LogP contribution in [0, 0.1) is 0 Å². The van der Waals surface area contributed by atoms with Crippen LogP contribution in [-0.4, -0.2) is 32.0 Å². The second-order valence-corrected chi connectivity index (χ2v) is 6.22. The van der Waals surface area contributed by atoms with Gasteiger partial charge in [0.05, 0.1) is 32.5 Å². The zero-order valence-electron chi connectivity index (χ0n) is 12.8. The van der Waals surface area contributed by atoms with Gasteiger partial charge in [0.2, 0.25) is 0 Å². The van der Waals surface area contributed by atoms with Gasteiger partial charge >= 0.3 is 0 Å². The summed E-state index contributed by atoms with van der Waals surface area (Å²) in [5.74, 6) is 1.32. The lowest BCUT2D eigenvalue weighted by Gasteiger charge is -2.38. The predicted molar refractivity (Wildman–Crippen MR) is 85.0 cm³/mol. The number of rotatable bonds is 5.